The molecule has 1 aromatic heterocycles. The van der Waals surface area contributed by atoms with Gasteiger partial charge >= 0.3 is 0 Å². The van der Waals surface area contributed by atoms with Crippen molar-refractivity contribution < 1.29 is 22.5 Å². The predicted octanol–water partition coefficient (Wildman–Crippen LogP) is 2.52. The topological polar surface area (TPSA) is 115 Å². The van der Waals surface area contributed by atoms with Crippen LogP contribution < -0.4 is 14.4 Å². The van der Waals surface area contributed by atoms with Gasteiger partial charge in [-0.3, -0.25) is 9.10 Å². The fraction of sp³-hybridized carbons (Fsp3) is 0.286. The Morgan fingerprint density at radius 1 is 1.23 bits per heavy atom. The maximum absolute atomic E-state index is 12.7. The molecule has 1 amide bonds. The molecule has 0 unspecified atom stereocenters. The van der Waals surface area contributed by atoms with Gasteiger partial charge in [0.15, 0.2) is 0 Å². The van der Waals surface area contributed by atoms with Crippen molar-refractivity contribution in [3.05, 3.63) is 60.0 Å². The molecule has 1 atom stereocenters. The molecule has 10 heteroatoms. The second-order valence-corrected chi connectivity index (χ2v) is 8.89. The zero-order chi connectivity index (χ0) is 22.6. The van der Waals surface area contributed by atoms with Crippen molar-refractivity contribution in [2.75, 3.05) is 17.7 Å². The molecule has 9 nitrogen and oxygen atoms in total. The maximum atomic E-state index is 12.7. The molecule has 0 radical (unpaired) electrons. The molecular weight excluding hydrogens is 420 g/mol. The molecule has 0 saturated heterocycles. The molecule has 1 heterocycles. The third kappa shape index (κ3) is 5.40. The molecule has 0 saturated carbocycles. The molecule has 0 aliphatic heterocycles. The zero-order valence-electron chi connectivity index (χ0n) is 17.7. The largest absolute Gasteiger partial charge is 0.497 e. The second kappa shape index (κ2) is 9.17. The minimum Gasteiger partial charge on any atom is -0.497 e. The first kappa shape index (κ1) is 22.3. The molecule has 2 aromatic carbocycles. The Hall–Kier alpha value is -3.40. The van der Waals surface area contributed by atoms with Crippen molar-refractivity contribution in [2.45, 2.75) is 26.4 Å². The normalized spacial score (nSPS) is 12.3. The number of methoxy groups -OCH3 is 1. The summed E-state index contributed by atoms with van der Waals surface area (Å²) >= 11 is 0. The van der Waals surface area contributed by atoms with Crippen LogP contribution in [0.1, 0.15) is 18.4 Å². The highest BCUT2D eigenvalue weighted by molar-refractivity contribution is 7.92. The van der Waals surface area contributed by atoms with E-state index in [0.29, 0.717) is 22.8 Å². The lowest BCUT2D eigenvalue weighted by atomic mass is 10.2. The van der Waals surface area contributed by atoms with Gasteiger partial charge in [0.05, 0.1) is 25.6 Å². The highest BCUT2D eigenvalue weighted by Gasteiger charge is 2.29. The third-order valence-corrected chi connectivity index (χ3v) is 5.80. The van der Waals surface area contributed by atoms with Crippen LogP contribution in [-0.2, 0) is 21.4 Å². The first-order chi connectivity index (χ1) is 14.7. The highest BCUT2D eigenvalue weighted by atomic mass is 32.2. The summed E-state index contributed by atoms with van der Waals surface area (Å²) in [6.45, 7) is 3.34. The fourth-order valence-corrected chi connectivity index (χ4v) is 4.26. The van der Waals surface area contributed by atoms with E-state index in [2.05, 4.69) is 15.5 Å². The molecular formula is C21H24N4O5S. The van der Waals surface area contributed by atoms with Gasteiger partial charge in [-0.2, -0.15) is 4.98 Å². The van der Waals surface area contributed by atoms with Crippen LogP contribution >= 0.6 is 0 Å². The molecule has 164 valence electrons. The van der Waals surface area contributed by atoms with E-state index in [4.69, 9.17) is 9.26 Å². The standard InChI is InChI=1S/C21H24N4O5S/c1-14-7-5-9-17(11-14)25(31(4,27)28)15(2)21(26)22-13-19-23-20(24-30-19)16-8-6-10-18(12-16)29-3/h5-12,15H,13H2,1-4H3,(H,22,26)/t15-/m1/s1. The molecule has 1 N–H and O–H groups in total. The Morgan fingerprint density at radius 2 is 1.97 bits per heavy atom. The number of hydrogen-bond acceptors (Lipinski definition) is 7. The number of aryl methyl sites for hydroxylation is 1. The van der Waals surface area contributed by atoms with Crippen LogP contribution in [0.25, 0.3) is 11.4 Å². The number of benzene rings is 2. The molecule has 0 bridgehead atoms. The number of amides is 1. The summed E-state index contributed by atoms with van der Waals surface area (Å²) in [7, 11) is -2.13. The average Bonchev–Trinajstić information content (AvgIpc) is 3.20. The maximum Gasteiger partial charge on any atom is 0.246 e. The van der Waals surface area contributed by atoms with Gasteiger partial charge < -0.3 is 14.6 Å². The van der Waals surface area contributed by atoms with Gasteiger partial charge in [0, 0.05) is 5.56 Å². The van der Waals surface area contributed by atoms with Crippen LogP contribution in [0.5, 0.6) is 5.75 Å². The Morgan fingerprint density at radius 3 is 2.65 bits per heavy atom. The Kier molecular flexibility index (Phi) is 6.59. The number of nitrogens with one attached hydrogen (secondary N) is 1. The average molecular weight is 445 g/mol. The summed E-state index contributed by atoms with van der Waals surface area (Å²) in [4.78, 5) is 17.0. The van der Waals surface area contributed by atoms with E-state index in [1.165, 1.54) is 6.92 Å². The Balaban J connectivity index is 1.71. The summed E-state index contributed by atoms with van der Waals surface area (Å²) in [6.07, 6.45) is 1.07. The summed E-state index contributed by atoms with van der Waals surface area (Å²) in [5.41, 5.74) is 2.01. The van der Waals surface area contributed by atoms with E-state index in [9.17, 15) is 13.2 Å². The zero-order valence-corrected chi connectivity index (χ0v) is 18.5. The van der Waals surface area contributed by atoms with Gasteiger partial charge in [0.25, 0.3) is 0 Å². The number of anilines is 1. The molecule has 0 spiro atoms. The summed E-state index contributed by atoms with van der Waals surface area (Å²) in [5, 5.41) is 6.57. The van der Waals surface area contributed by atoms with Crippen LogP contribution in [0, 0.1) is 6.92 Å². The number of carbonyl (C=O) groups excluding carboxylic acids is 1. The molecule has 0 aliphatic rings. The van der Waals surface area contributed by atoms with Crippen molar-refractivity contribution >= 4 is 21.6 Å². The lowest BCUT2D eigenvalue weighted by Crippen LogP contribution is -2.47. The molecule has 3 rings (SSSR count). The number of ether oxygens (including phenoxy) is 1. The van der Waals surface area contributed by atoms with Crippen LogP contribution in [-0.4, -0.2) is 43.9 Å². The Labute approximate surface area is 181 Å². The molecule has 3 aromatic rings. The summed E-state index contributed by atoms with van der Waals surface area (Å²) in [5.74, 6) is 0.713. The lowest BCUT2D eigenvalue weighted by Gasteiger charge is -2.28. The smallest absolute Gasteiger partial charge is 0.246 e. The number of rotatable bonds is 8. The van der Waals surface area contributed by atoms with Gasteiger partial charge in [0.1, 0.15) is 11.8 Å². The van der Waals surface area contributed by atoms with Crippen molar-refractivity contribution in [2.24, 2.45) is 0 Å². The summed E-state index contributed by atoms with van der Waals surface area (Å²) < 4.78 is 36.2. The van der Waals surface area contributed by atoms with E-state index in [0.717, 1.165) is 16.1 Å². The number of hydrogen-bond donors (Lipinski definition) is 1. The number of carbonyl (C=O) groups is 1. The molecule has 0 aliphatic carbocycles. The number of sulfonamides is 1. The van der Waals surface area contributed by atoms with Crippen molar-refractivity contribution in [1.82, 2.24) is 15.5 Å². The monoisotopic (exact) mass is 444 g/mol. The predicted molar refractivity (Wildman–Crippen MR) is 116 cm³/mol. The van der Waals surface area contributed by atoms with E-state index in [1.54, 1.807) is 43.5 Å². The van der Waals surface area contributed by atoms with Crippen molar-refractivity contribution in [3.8, 4) is 17.1 Å². The van der Waals surface area contributed by atoms with E-state index in [-0.39, 0.29) is 12.4 Å². The summed E-state index contributed by atoms with van der Waals surface area (Å²) in [6, 6.07) is 13.2. The molecule has 31 heavy (non-hydrogen) atoms. The quantitative estimate of drug-likeness (QED) is 0.568. The highest BCUT2D eigenvalue weighted by Crippen LogP contribution is 2.23. The van der Waals surface area contributed by atoms with Gasteiger partial charge in [-0.15, -0.1) is 0 Å². The van der Waals surface area contributed by atoms with Crippen molar-refractivity contribution in [3.63, 3.8) is 0 Å². The fourth-order valence-electron chi connectivity index (χ4n) is 3.09. The van der Waals surface area contributed by atoms with Crippen LogP contribution in [0.4, 0.5) is 5.69 Å². The SMILES string of the molecule is COc1cccc(-c2noc(CNC(=O)[C@@H](C)N(c3cccc(C)c3)S(C)(=O)=O)n2)c1. The van der Waals surface area contributed by atoms with E-state index >= 15 is 0 Å². The van der Waals surface area contributed by atoms with Crippen LogP contribution in [0.2, 0.25) is 0 Å². The number of nitrogens with zero attached hydrogens (tertiary/aromatic N) is 3. The lowest BCUT2D eigenvalue weighted by molar-refractivity contribution is -0.122. The van der Waals surface area contributed by atoms with Gasteiger partial charge in [0.2, 0.25) is 27.6 Å². The minimum absolute atomic E-state index is 0.0361. The first-order valence-electron chi connectivity index (χ1n) is 9.50. The molecule has 0 fully saturated rings. The third-order valence-electron chi connectivity index (χ3n) is 4.55. The van der Waals surface area contributed by atoms with Gasteiger partial charge in [-0.1, -0.05) is 29.4 Å². The first-order valence-corrected chi connectivity index (χ1v) is 11.3. The van der Waals surface area contributed by atoms with E-state index in [1.807, 2.05) is 19.1 Å². The van der Waals surface area contributed by atoms with Gasteiger partial charge in [-0.25, -0.2) is 8.42 Å². The van der Waals surface area contributed by atoms with Crippen molar-refractivity contribution in [1.29, 1.82) is 0 Å². The van der Waals surface area contributed by atoms with Crippen LogP contribution in [0.3, 0.4) is 0 Å². The number of aromatic nitrogens is 2. The second-order valence-electron chi connectivity index (χ2n) is 7.04. The van der Waals surface area contributed by atoms with Crippen LogP contribution in [0.15, 0.2) is 53.1 Å². The Bertz CT molecular complexity index is 1180. The van der Waals surface area contributed by atoms with E-state index < -0.39 is 22.0 Å². The van der Waals surface area contributed by atoms with Gasteiger partial charge in [-0.05, 0) is 43.7 Å². The minimum atomic E-state index is -3.69.